The Hall–Kier alpha value is -2.36. The first kappa shape index (κ1) is 20.4. The van der Waals surface area contributed by atoms with E-state index in [4.69, 9.17) is 23.2 Å². The normalized spacial score (nSPS) is 11.9. The molecular formula is C23H20Cl2FNO. The molecule has 1 unspecified atom stereocenters. The zero-order chi connectivity index (χ0) is 20.1. The van der Waals surface area contributed by atoms with Crippen LogP contribution in [0.3, 0.4) is 0 Å². The van der Waals surface area contributed by atoms with E-state index in [9.17, 15) is 9.18 Å². The van der Waals surface area contributed by atoms with Crippen molar-refractivity contribution < 1.29 is 9.18 Å². The second-order valence-electron chi connectivity index (χ2n) is 6.72. The van der Waals surface area contributed by atoms with Crippen molar-refractivity contribution in [3.05, 3.63) is 99.0 Å². The lowest BCUT2D eigenvalue weighted by Crippen LogP contribution is -2.13. The van der Waals surface area contributed by atoms with Crippen LogP contribution in [-0.2, 0) is 12.8 Å². The number of rotatable bonds is 6. The second-order valence-corrected chi connectivity index (χ2v) is 7.53. The van der Waals surface area contributed by atoms with Crippen LogP contribution in [0.1, 0.15) is 27.0 Å². The first-order valence-corrected chi connectivity index (χ1v) is 9.72. The minimum Gasteiger partial charge on any atom is -0.322 e. The van der Waals surface area contributed by atoms with E-state index in [0.29, 0.717) is 15.6 Å². The van der Waals surface area contributed by atoms with Gasteiger partial charge in [-0.25, -0.2) is 4.39 Å². The summed E-state index contributed by atoms with van der Waals surface area (Å²) in [6, 6.07) is 19.7. The molecule has 3 rings (SSSR count). The summed E-state index contributed by atoms with van der Waals surface area (Å²) in [5.74, 6) is -0.187. The van der Waals surface area contributed by atoms with Gasteiger partial charge in [0.1, 0.15) is 6.17 Å². The molecular weight excluding hydrogens is 396 g/mol. The molecule has 0 aliphatic carbocycles. The van der Waals surface area contributed by atoms with Crippen LogP contribution in [0.25, 0.3) is 0 Å². The summed E-state index contributed by atoms with van der Waals surface area (Å²) in [4.78, 5) is 12.4. The highest BCUT2D eigenvalue weighted by Gasteiger charge is 2.12. The summed E-state index contributed by atoms with van der Waals surface area (Å²) in [6.45, 7) is 1.94. The number of aryl methyl sites for hydroxylation is 1. The third kappa shape index (κ3) is 5.34. The number of carbonyl (C=O) groups is 1. The molecule has 0 saturated carbocycles. The minimum absolute atomic E-state index is 0.187. The predicted octanol–water partition coefficient (Wildman–Crippen LogP) is 6.68. The predicted molar refractivity (Wildman–Crippen MR) is 114 cm³/mol. The molecule has 3 aromatic rings. The van der Waals surface area contributed by atoms with E-state index in [0.717, 1.165) is 22.4 Å². The summed E-state index contributed by atoms with van der Waals surface area (Å²) in [5, 5.41) is 3.78. The molecule has 1 amide bonds. The topological polar surface area (TPSA) is 29.1 Å². The van der Waals surface area contributed by atoms with E-state index >= 15 is 0 Å². The Bertz CT molecular complexity index is 973. The van der Waals surface area contributed by atoms with Crippen LogP contribution in [0.5, 0.6) is 0 Å². The van der Waals surface area contributed by atoms with Crippen LogP contribution >= 0.6 is 23.2 Å². The Labute approximate surface area is 174 Å². The quantitative estimate of drug-likeness (QED) is 0.477. The summed E-state index contributed by atoms with van der Waals surface area (Å²) in [6.07, 6.45) is -0.532. The molecule has 5 heteroatoms. The van der Waals surface area contributed by atoms with Crippen LogP contribution in [-0.4, -0.2) is 12.1 Å². The van der Waals surface area contributed by atoms with Crippen molar-refractivity contribution in [2.75, 3.05) is 5.32 Å². The van der Waals surface area contributed by atoms with Crippen molar-refractivity contribution in [2.45, 2.75) is 25.9 Å². The lowest BCUT2D eigenvalue weighted by atomic mass is 10.0. The van der Waals surface area contributed by atoms with Gasteiger partial charge >= 0.3 is 0 Å². The molecule has 144 valence electrons. The van der Waals surface area contributed by atoms with Crippen molar-refractivity contribution >= 4 is 34.8 Å². The molecule has 0 saturated heterocycles. The van der Waals surface area contributed by atoms with Gasteiger partial charge in [-0.05, 0) is 53.9 Å². The van der Waals surface area contributed by atoms with Crippen molar-refractivity contribution in [3.63, 3.8) is 0 Å². The van der Waals surface area contributed by atoms with Gasteiger partial charge in [0, 0.05) is 24.1 Å². The molecule has 0 spiro atoms. The van der Waals surface area contributed by atoms with E-state index in [-0.39, 0.29) is 18.7 Å². The smallest absolute Gasteiger partial charge is 0.255 e. The van der Waals surface area contributed by atoms with Crippen LogP contribution < -0.4 is 5.32 Å². The summed E-state index contributed by atoms with van der Waals surface area (Å²) < 4.78 is 14.4. The number of anilines is 1. The van der Waals surface area contributed by atoms with E-state index in [1.807, 2.05) is 31.2 Å². The maximum Gasteiger partial charge on any atom is 0.255 e. The van der Waals surface area contributed by atoms with E-state index in [1.54, 1.807) is 42.5 Å². The standard InChI is InChI=1S/C23H20Cl2FNO/c1-15-4-2-3-5-22(15)27-23(28)18-9-6-16(7-10-18)12-19(26)13-17-8-11-20(24)21(25)14-17/h2-11,14,19H,12-13H2,1H3,(H,27,28). The van der Waals surface area contributed by atoms with Gasteiger partial charge in [0.2, 0.25) is 0 Å². The van der Waals surface area contributed by atoms with Gasteiger partial charge in [0.25, 0.3) is 5.91 Å². The molecule has 0 aromatic heterocycles. The minimum atomic E-state index is -1.05. The molecule has 0 radical (unpaired) electrons. The zero-order valence-electron chi connectivity index (χ0n) is 15.4. The van der Waals surface area contributed by atoms with E-state index in [1.165, 1.54) is 0 Å². The Morgan fingerprint density at radius 3 is 2.25 bits per heavy atom. The fourth-order valence-electron chi connectivity index (χ4n) is 2.95. The first-order chi connectivity index (χ1) is 13.4. The summed E-state index contributed by atoms with van der Waals surface area (Å²) in [7, 11) is 0. The van der Waals surface area contributed by atoms with Gasteiger partial charge in [0.15, 0.2) is 0 Å². The molecule has 0 aliphatic heterocycles. The highest BCUT2D eigenvalue weighted by molar-refractivity contribution is 6.42. The average molecular weight is 416 g/mol. The van der Waals surface area contributed by atoms with Crippen molar-refractivity contribution in [2.24, 2.45) is 0 Å². The number of hydrogen-bond donors (Lipinski definition) is 1. The monoisotopic (exact) mass is 415 g/mol. The van der Waals surface area contributed by atoms with Gasteiger partial charge in [0.05, 0.1) is 10.0 Å². The SMILES string of the molecule is Cc1ccccc1NC(=O)c1ccc(CC(F)Cc2ccc(Cl)c(Cl)c2)cc1. The average Bonchev–Trinajstić information content (AvgIpc) is 2.67. The van der Waals surface area contributed by atoms with E-state index < -0.39 is 6.17 Å². The number of carbonyl (C=O) groups excluding carboxylic acids is 1. The number of halogens is 3. The van der Waals surface area contributed by atoms with Crippen molar-refractivity contribution in [1.82, 2.24) is 0 Å². The highest BCUT2D eigenvalue weighted by atomic mass is 35.5. The van der Waals surface area contributed by atoms with Gasteiger partial charge in [-0.3, -0.25) is 4.79 Å². The third-order valence-electron chi connectivity index (χ3n) is 4.51. The van der Waals surface area contributed by atoms with Crippen molar-refractivity contribution in [3.8, 4) is 0 Å². The highest BCUT2D eigenvalue weighted by Crippen LogP contribution is 2.24. The lowest BCUT2D eigenvalue weighted by Gasteiger charge is -2.11. The molecule has 0 aliphatic rings. The molecule has 0 fully saturated rings. The molecule has 3 aromatic carbocycles. The molecule has 2 nitrogen and oxygen atoms in total. The van der Waals surface area contributed by atoms with Crippen LogP contribution in [0.15, 0.2) is 66.7 Å². The fraction of sp³-hybridized carbons (Fsp3) is 0.174. The Morgan fingerprint density at radius 1 is 0.929 bits per heavy atom. The Morgan fingerprint density at radius 2 is 1.57 bits per heavy atom. The maximum atomic E-state index is 14.4. The Balaban J connectivity index is 1.59. The van der Waals surface area contributed by atoms with Gasteiger partial charge in [-0.15, -0.1) is 0 Å². The first-order valence-electron chi connectivity index (χ1n) is 8.96. The van der Waals surface area contributed by atoms with Crippen LogP contribution in [0, 0.1) is 6.92 Å². The van der Waals surface area contributed by atoms with Crippen LogP contribution in [0.2, 0.25) is 10.0 Å². The molecule has 28 heavy (non-hydrogen) atoms. The molecule has 1 N–H and O–H groups in total. The number of nitrogens with one attached hydrogen (secondary N) is 1. The fourth-order valence-corrected chi connectivity index (χ4v) is 3.27. The largest absolute Gasteiger partial charge is 0.322 e. The van der Waals surface area contributed by atoms with Gasteiger partial charge < -0.3 is 5.32 Å². The van der Waals surface area contributed by atoms with Crippen LogP contribution in [0.4, 0.5) is 10.1 Å². The van der Waals surface area contributed by atoms with Gasteiger partial charge in [-0.1, -0.05) is 59.6 Å². The number of alkyl halides is 1. The Kier molecular flexibility index (Phi) is 6.71. The third-order valence-corrected chi connectivity index (χ3v) is 5.25. The second kappa shape index (κ2) is 9.22. The molecule has 0 bridgehead atoms. The van der Waals surface area contributed by atoms with Gasteiger partial charge in [-0.2, -0.15) is 0 Å². The number of hydrogen-bond acceptors (Lipinski definition) is 1. The lowest BCUT2D eigenvalue weighted by molar-refractivity contribution is 0.102. The number of benzene rings is 3. The zero-order valence-corrected chi connectivity index (χ0v) is 16.9. The number of amides is 1. The number of para-hydroxylation sites is 1. The summed E-state index contributed by atoms with van der Waals surface area (Å²) >= 11 is 11.9. The molecule has 0 heterocycles. The summed E-state index contributed by atoms with van der Waals surface area (Å²) in [5.41, 5.74) is 3.94. The molecule has 1 atom stereocenters. The maximum absolute atomic E-state index is 14.4. The van der Waals surface area contributed by atoms with E-state index in [2.05, 4.69) is 5.32 Å². The van der Waals surface area contributed by atoms with Crippen molar-refractivity contribution in [1.29, 1.82) is 0 Å².